The number of hydrogen-bond acceptors (Lipinski definition) is 7. The minimum atomic E-state index is -2.91. The van der Waals surface area contributed by atoms with E-state index in [-0.39, 0.29) is 11.5 Å². The molecule has 3 aliphatic heterocycles. The number of carbonyl (C=O) groups excluding carboxylic acids is 1. The van der Waals surface area contributed by atoms with Gasteiger partial charge in [0.1, 0.15) is 6.17 Å². The smallest absolute Gasteiger partial charge is 0.270 e. The number of rotatable bonds is 3. The first-order chi connectivity index (χ1) is 13.7. The molecule has 10 heteroatoms. The number of hydrazine groups is 1. The number of ether oxygens (including phenoxy) is 1. The second-order valence-electron chi connectivity index (χ2n) is 7.49. The van der Waals surface area contributed by atoms with Crippen molar-refractivity contribution in [1.82, 2.24) is 21.1 Å². The van der Waals surface area contributed by atoms with E-state index in [4.69, 9.17) is 9.57 Å². The summed E-state index contributed by atoms with van der Waals surface area (Å²) < 4.78 is 32.8. The van der Waals surface area contributed by atoms with E-state index in [2.05, 4.69) is 16.1 Å². The molecule has 2 saturated heterocycles. The highest BCUT2D eigenvalue weighted by Gasteiger charge is 2.39. The summed E-state index contributed by atoms with van der Waals surface area (Å²) in [6, 6.07) is 2.96. The molecule has 0 spiro atoms. The molecule has 3 N–H and O–H groups in total. The van der Waals surface area contributed by atoms with Crippen LogP contribution in [0.25, 0.3) is 0 Å². The number of alkyl halides is 2. The van der Waals surface area contributed by atoms with Gasteiger partial charge >= 0.3 is 0 Å². The minimum absolute atomic E-state index is 0.0306. The van der Waals surface area contributed by atoms with Crippen molar-refractivity contribution in [2.45, 2.75) is 39.1 Å². The van der Waals surface area contributed by atoms with Crippen LogP contribution in [0.4, 0.5) is 14.5 Å². The molecule has 8 nitrogen and oxygen atoms in total. The normalized spacial score (nSPS) is 26.0. The summed E-state index contributed by atoms with van der Waals surface area (Å²) in [6.45, 7) is 6.38. The van der Waals surface area contributed by atoms with E-state index in [0.717, 1.165) is 12.6 Å². The average Bonchev–Trinajstić information content (AvgIpc) is 2.87. The third kappa shape index (κ3) is 3.99. The van der Waals surface area contributed by atoms with Gasteiger partial charge in [-0.3, -0.25) is 20.0 Å². The fourth-order valence-corrected chi connectivity index (χ4v) is 3.80. The molecule has 0 bridgehead atoms. The van der Waals surface area contributed by atoms with Gasteiger partial charge in [-0.2, -0.15) is 5.06 Å². The lowest BCUT2D eigenvalue weighted by Gasteiger charge is -2.36. The Morgan fingerprint density at radius 1 is 1.17 bits per heavy atom. The summed E-state index contributed by atoms with van der Waals surface area (Å²) in [4.78, 5) is 18.3. The lowest BCUT2D eigenvalue weighted by atomic mass is 10.0. The number of aryl methyl sites for hydroxylation is 2. The molecule has 0 aliphatic carbocycles. The standard InChI is InChI=1S/C19H25F2N5O3/c1-11-8-13(19(3,20)21)9-12(2)15(11)25-10-14-16(24-25)22-18(23-17(14)27)26-4-5-28-6-7-29-26/h8-10,16,18,22,24H,4-7H2,1-3H3,(H,23,27). The predicted octanol–water partition coefficient (Wildman–Crippen LogP) is 1.22. The molecule has 3 aliphatic rings. The van der Waals surface area contributed by atoms with Gasteiger partial charge in [-0.25, -0.2) is 14.2 Å². The molecule has 0 saturated carbocycles. The molecule has 0 radical (unpaired) electrons. The van der Waals surface area contributed by atoms with Crippen LogP contribution in [0.3, 0.4) is 0 Å². The largest absolute Gasteiger partial charge is 0.378 e. The zero-order valence-corrected chi connectivity index (χ0v) is 16.6. The van der Waals surface area contributed by atoms with E-state index in [0.29, 0.717) is 43.1 Å². The van der Waals surface area contributed by atoms with Gasteiger partial charge in [0, 0.05) is 18.7 Å². The highest BCUT2D eigenvalue weighted by atomic mass is 19.3. The lowest BCUT2D eigenvalue weighted by molar-refractivity contribution is -0.196. The van der Waals surface area contributed by atoms with E-state index < -0.39 is 18.4 Å². The number of fused-ring (bicyclic) bond motifs is 1. The number of halogens is 2. The third-order valence-corrected chi connectivity index (χ3v) is 5.17. The van der Waals surface area contributed by atoms with Crippen molar-refractivity contribution in [3.05, 3.63) is 40.6 Å². The Kier molecular flexibility index (Phi) is 5.30. The van der Waals surface area contributed by atoms with Gasteiger partial charge in [-0.05, 0) is 37.1 Å². The highest BCUT2D eigenvalue weighted by molar-refractivity contribution is 5.96. The molecule has 1 aromatic rings. The van der Waals surface area contributed by atoms with Gasteiger partial charge in [0.25, 0.3) is 11.8 Å². The summed E-state index contributed by atoms with van der Waals surface area (Å²) in [5, 5.41) is 9.53. The first-order valence-electron chi connectivity index (χ1n) is 9.55. The van der Waals surface area contributed by atoms with Crippen LogP contribution in [-0.2, 0) is 20.3 Å². The molecular formula is C19H25F2N5O3. The topological polar surface area (TPSA) is 78.1 Å². The van der Waals surface area contributed by atoms with Crippen LogP contribution in [0.15, 0.2) is 23.9 Å². The molecule has 29 heavy (non-hydrogen) atoms. The predicted molar refractivity (Wildman–Crippen MR) is 102 cm³/mol. The molecule has 1 amide bonds. The van der Waals surface area contributed by atoms with Gasteiger partial charge in [-0.15, -0.1) is 0 Å². The molecule has 1 aromatic carbocycles. The number of amides is 1. The molecule has 2 unspecified atom stereocenters. The highest BCUT2D eigenvalue weighted by Crippen LogP contribution is 2.35. The molecule has 0 aromatic heterocycles. The van der Waals surface area contributed by atoms with Crippen LogP contribution >= 0.6 is 0 Å². The van der Waals surface area contributed by atoms with Crippen molar-refractivity contribution in [3.63, 3.8) is 0 Å². The first-order valence-corrected chi connectivity index (χ1v) is 9.55. The fourth-order valence-electron chi connectivity index (χ4n) is 3.80. The third-order valence-electron chi connectivity index (χ3n) is 5.17. The number of hydroxylamine groups is 2. The van der Waals surface area contributed by atoms with E-state index in [9.17, 15) is 13.6 Å². The van der Waals surface area contributed by atoms with Crippen LogP contribution in [-0.4, -0.2) is 49.8 Å². The summed E-state index contributed by atoms with van der Waals surface area (Å²) in [6.07, 6.45) is 0.740. The summed E-state index contributed by atoms with van der Waals surface area (Å²) >= 11 is 0. The maximum atomic E-state index is 13.7. The summed E-state index contributed by atoms with van der Waals surface area (Å²) in [5.41, 5.74) is 5.83. The second kappa shape index (κ2) is 7.62. The van der Waals surface area contributed by atoms with E-state index in [1.807, 2.05) is 0 Å². The molecule has 2 fully saturated rings. The van der Waals surface area contributed by atoms with Crippen LogP contribution in [0.5, 0.6) is 0 Å². The zero-order chi connectivity index (χ0) is 20.8. The van der Waals surface area contributed by atoms with Crippen molar-refractivity contribution >= 4 is 11.6 Å². The van der Waals surface area contributed by atoms with E-state index >= 15 is 0 Å². The SMILES string of the molecule is Cc1cc(C(C)(F)F)cc(C)c1N1C=C2C(=O)NC(N3CCOCCO3)NC2N1. The zero-order valence-electron chi connectivity index (χ0n) is 16.6. The van der Waals surface area contributed by atoms with Gasteiger partial charge in [0.2, 0.25) is 0 Å². The van der Waals surface area contributed by atoms with Crippen LogP contribution in [0, 0.1) is 13.8 Å². The lowest BCUT2D eigenvalue weighted by Crippen LogP contribution is -2.67. The number of nitrogens with zero attached hydrogens (tertiary/aromatic N) is 2. The van der Waals surface area contributed by atoms with Crippen molar-refractivity contribution < 1.29 is 23.1 Å². The van der Waals surface area contributed by atoms with Crippen molar-refractivity contribution in [3.8, 4) is 0 Å². The van der Waals surface area contributed by atoms with Gasteiger partial charge in [-0.1, -0.05) is 0 Å². The molecule has 3 heterocycles. The summed E-state index contributed by atoms with van der Waals surface area (Å²) in [7, 11) is 0. The first kappa shape index (κ1) is 20.2. The van der Waals surface area contributed by atoms with Crippen LogP contribution in [0.2, 0.25) is 0 Å². The van der Waals surface area contributed by atoms with Gasteiger partial charge in [0.05, 0.1) is 37.6 Å². The molecule has 158 valence electrons. The number of nitrogens with one attached hydrogen (secondary N) is 3. The Hall–Kier alpha value is -2.11. The van der Waals surface area contributed by atoms with Crippen molar-refractivity contribution in [2.75, 3.05) is 31.4 Å². The fraction of sp³-hybridized carbons (Fsp3) is 0.526. The Balaban J connectivity index is 1.55. The van der Waals surface area contributed by atoms with E-state index in [1.54, 1.807) is 30.1 Å². The molecule has 4 rings (SSSR count). The minimum Gasteiger partial charge on any atom is -0.378 e. The Morgan fingerprint density at radius 2 is 1.90 bits per heavy atom. The number of benzene rings is 1. The van der Waals surface area contributed by atoms with Crippen LogP contribution < -0.4 is 21.1 Å². The summed E-state index contributed by atoms with van der Waals surface area (Å²) in [5.74, 6) is -3.14. The number of carbonyl (C=O) groups is 1. The molecule has 2 atom stereocenters. The number of anilines is 1. The maximum Gasteiger partial charge on any atom is 0.270 e. The Labute approximate surface area is 167 Å². The second-order valence-corrected chi connectivity index (χ2v) is 7.49. The van der Waals surface area contributed by atoms with Crippen LogP contribution in [0.1, 0.15) is 23.6 Å². The Bertz CT molecular complexity index is 811. The quantitative estimate of drug-likeness (QED) is 0.693. The monoisotopic (exact) mass is 409 g/mol. The molecular weight excluding hydrogens is 384 g/mol. The van der Waals surface area contributed by atoms with Gasteiger partial charge < -0.3 is 10.1 Å². The number of hydrogen-bond donors (Lipinski definition) is 3. The average molecular weight is 409 g/mol. The van der Waals surface area contributed by atoms with Gasteiger partial charge in [0.15, 0.2) is 6.29 Å². The Morgan fingerprint density at radius 3 is 2.59 bits per heavy atom. The van der Waals surface area contributed by atoms with Crippen molar-refractivity contribution in [1.29, 1.82) is 0 Å². The van der Waals surface area contributed by atoms with Crippen molar-refractivity contribution in [2.24, 2.45) is 0 Å². The van der Waals surface area contributed by atoms with E-state index in [1.165, 1.54) is 12.1 Å². The maximum absolute atomic E-state index is 13.7.